The zero-order valence-corrected chi connectivity index (χ0v) is 12.8. The van der Waals surface area contributed by atoms with Crippen LogP contribution < -0.4 is 16.0 Å². The summed E-state index contributed by atoms with van der Waals surface area (Å²) in [6, 6.07) is 6.30. The molecule has 0 saturated carbocycles. The van der Waals surface area contributed by atoms with Crippen LogP contribution >= 0.6 is 11.6 Å². The van der Waals surface area contributed by atoms with Crippen LogP contribution in [0.3, 0.4) is 0 Å². The molecule has 2 rings (SSSR count). The van der Waals surface area contributed by atoms with E-state index < -0.39 is 0 Å². The Morgan fingerprint density at radius 2 is 2.10 bits per heavy atom. The number of hydrogen-bond donors (Lipinski definition) is 2. The van der Waals surface area contributed by atoms with Crippen LogP contribution in [0.5, 0.6) is 0 Å². The molecule has 0 aromatic heterocycles. The Hall–Kier alpha value is -1.26. The van der Waals surface area contributed by atoms with Crippen LogP contribution in [-0.4, -0.2) is 25.0 Å². The molecule has 1 saturated heterocycles. The van der Waals surface area contributed by atoms with Gasteiger partial charge in [-0.15, -0.1) is 0 Å². The van der Waals surface area contributed by atoms with E-state index in [-0.39, 0.29) is 18.0 Å². The molecule has 1 fully saturated rings. The van der Waals surface area contributed by atoms with E-state index in [1.54, 1.807) is 6.92 Å². The molecule has 0 spiro atoms. The summed E-state index contributed by atoms with van der Waals surface area (Å²) < 4.78 is 0. The second-order valence-electron chi connectivity index (χ2n) is 5.46. The van der Waals surface area contributed by atoms with Crippen molar-refractivity contribution in [3.8, 4) is 0 Å². The van der Waals surface area contributed by atoms with E-state index in [4.69, 9.17) is 17.3 Å². The maximum absolute atomic E-state index is 11.1. The maximum atomic E-state index is 11.1. The second kappa shape index (κ2) is 6.46. The summed E-state index contributed by atoms with van der Waals surface area (Å²) in [6.45, 7) is 5.32. The molecule has 3 N–H and O–H groups in total. The van der Waals surface area contributed by atoms with Gasteiger partial charge in [-0.3, -0.25) is 4.79 Å². The zero-order chi connectivity index (χ0) is 14.7. The smallest absolute Gasteiger partial charge is 0.217 e. The Kier molecular flexibility index (Phi) is 4.89. The number of amides is 1. The molecular formula is C15H22ClN3O. The molecule has 1 atom stereocenters. The van der Waals surface area contributed by atoms with Crippen LogP contribution in [0.4, 0.5) is 5.69 Å². The average molecular weight is 296 g/mol. The van der Waals surface area contributed by atoms with Gasteiger partial charge in [0.15, 0.2) is 0 Å². The lowest BCUT2D eigenvalue weighted by Crippen LogP contribution is -2.44. The van der Waals surface area contributed by atoms with Crippen LogP contribution in [0.25, 0.3) is 0 Å². The van der Waals surface area contributed by atoms with E-state index in [2.05, 4.69) is 10.2 Å². The summed E-state index contributed by atoms with van der Waals surface area (Å²) in [5.74, 6) is 0.0442. The van der Waals surface area contributed by atoms with Gasteiger partial charge in [0.1, 0.15) is 0 Å². The standard InChI is InChI=1S/C15H22ClN3O/c1-10(17)12-3-4-15(14(16)9-12)19-7-5-13(6-8-19)18-11(2)20/h3-4,9-10,13H,5-8,17H2,1-2H3,(H,18,20). The van der Waals surface area contributed by atoms with Crippen molar-refractivity contribution >= 4 is 23.2 Å². The molecule has 5 heteroatoms. The molecular weight excluding hydrogens is 274 g/mol. The number of carbonyl (C=O) groups is 1. The SMILES string of the molecule is CC(=O)NC1CCN(c2ccc(C(C)N)cc2Cl)CC1. The number of benzene rings is 1. The van der Waals surface area contributed by atoms with E-state index in [1.807, 2.05) is 25.1 Å². The van der Waals surface area contributed by atoms with Crippen molar-refractivity contribution in [3.63, 3.8) is 0 Å². The van der Waals surface area contributed by atoms with Crippen molar-refractivity contribution in [3.05, 3.63) is 28.8 Å². The number of rotatable bonds is 3. The van der Waals surface area contributed by atoms with Crippen molar-refractivity contribution in [2.75, 3.05) is 18.0 Å². The number of nitrogens with one attached hydrogen (secondary N) is 1. The molecule has 20 heavy (non-hydrogen) atoms. The summed E-state index contributed by atoms with van der Waals surface area (Å²) >= 11 is 6.36. The highest BCUT2D eigenvalue weighted by molar-refractivity contribution is 6.33. The molecule has 1 amide bonds. The minimum absolute atomic E-state index is 0.00736. The van der Waals surface area contributed by atoms with Crippen LogP contribution in [0.15, 0.2) is 18.2 Å². The van der Waals surface area contributed by atoms with Gasteiger partial charge in [-0.05, 0) is 37.5 Å². The Morgan fingerprint density at radius 1 is 1.45 bits per heavy atom. The van der Waals surface area contributed by atoms with Crippen LogP contribution in [0.2, 0.25) is 5.02 Å². The van der Waals surface area contributed by atoms with E-state index in [9.17, 15) is 4.79 Å². The Bertz CT molecular complexity index is 482. The topological polar surface area (TPSA) is 58.4 Å². The quantitative estimate of drug-likeness (QED) is 0.900. The first-order valence-corrected chi connectivity index (χ1v) is 7.42. The highest BCUT2D eigenvalue weighted by atomic mass is 35.5. The molecule has 1 heterocycles. The minimum atomic E-state index is -0.00736. The third-order valence-corrected chi connectivity index (χ3v) is 4.04. The average Bonchev–Trinajstić information content (AvgIpc) is 2.39. The number of carbonyl (C=O) groups excluding carboxylic acids is 1. The first kappa shape index (κ1) is 15.1. The molecule has 1 aliphatic heterocycles. The summed E-state index contributed by atoms with van der Waals surface area (Å²) in [4.78, 5) is 13.3. The third kappa shape index (κ3) is 3.64. The summed E-state index contributed by atoms with van der Waals surface area (Å²) in [5.41, 5.74) is 7.96. The summed E-state index contributed by atoms with van der Waals surface area (Å²) in [7, 11) is 0. The van der Waals surface area contributed by atoms with Crippen LogP contribution in [0, 0.1) is 0 Å². The fourth-order valence-electron chi connectivity index (χ4n) is 2.62. The zero-order valence-electron chi connectivity index (χ0n) is 12.0. The molecule has 0 aliphatic carbocycles. The lowest BCUT2D eigenvalue weighted by Gasteiger charge is -2.34. The lowest BCUT2D eigenvalue weighted by atomic mass is 10.0. The maximum Gasteiger partial charge on any atom is 0.217 e. The van der Waals surface area contributed by atoms with Gasteiger partial charge < -0.3 is 16.0 Å². The van der Waals surface area contributed by atoms with Gasteiger partial charge >= 0.3 is 0 Å². The monoisotopic (exact) mass is 295 g/mol. The van der Waals surface area contributed by atoms with Gasteiger partial charge in [-0.2, -0.15) is 0 Å². The molecule has 4 nitrogen and oxygen atoms in total. The van der Waals surface area contributed by atoms with Crippen LogP contribution in [0.1, 0.15) is 38.3 Å². The van der Waals surface area contributed by atoms with Crippen molar-refractivity contribution in [1.82, 2.24) is 5.32 Å². The molecule has 110 valence electrons. The van der Waals surface area contributed by atoms with Gasteiger partial charge in [-0.1, -0.05) is 17.7 Å². The van der Waals surface area contributed by atoms with Crippen molar-refractivity contribution in [2.45, 2.75) is 38.8 Å². The largest absolute Gasteiger partial charge is 0.370 e. The van der Waals surface area contributed by atoms with E-state index in [0.717, 1.165) is 42.2 Å². The van der Waals surface area contributed by atoms with Gasteiger partial charge in [0.25, 0.3) is 0 Å². The fourth-order valence-corrected chi connectivity index (χ4v) is 2.92. The number of hydrogen-bond acceptors (Lipinski definition) is 3. The fraction of sp³-hybridized carbons (Fsp3) is 0.533. The van der Waals surface area contributed by atoms with E-state index >= 15 is 0 Å². The van der Waals surface area contributed by atoms with Crippen molar-refractivity contribution in [2.24, 2.45) is 5.73 Å². The predicted molar refractivity (Wildman–Crippen MR) is 83.1 cm³/mol. The van der Waals surface area contributed by atoms with Gasteiger partial charge in [-0.25, -0.2) is 0 Å². The lowest BCUT2D eigenvalue weighted by molar-refractivity contribution is -0.119. The first-order valence-electron chi connectivity index (χ1n) is 7.04. The Morgan fingerprint density at radius 3 is 2.60 bits per heavy atom. The van der Waals surface area contributed by atoms with Crippen molar-refractivity contribution < 1.29 is 4.79 Å². The summed E-state index contributed by atoms with van der Waals surface area (Å²) in [6.07, 6.45) is 1.90. The third-order valence-electron chi connectivity index (χ3n) is 3.74. The van der Waals surface area contributed by atoms with E-state index in [0.29, 0.717) is 0 Å². The predicted octanol–water partition coefficient (Wildman–Crippen LogP) is 2.46. The highest BCUT2D eigenvalue weighted by Gasteiger charge is 2.21. The number of nitrogens with two attached hydrogens (primary N) is 1. The highest BCUT2D eigenvalue weighted by Crippen LogP contribution is 2.30. The number of nitrogens with zero attached hydrogens (tertiary/aromatic N) is 1. The minimum Gasteiger partial charge on any atom is -0.370 e. The number of halogens is 1. The molecule has 0 bridgehead atoms. The van der Waals surface area contributed by atoms with Crippen LogP contribution in [-0.2, 0) is 4.79 Å². The second-order valence-corrected chi connectivity index (χ2v) is 5.87. The molecule has 1 aliphatic rings. The molecule has 1 aromatic carbocycles. The Labute approximate surface area is 125 Å². The molecule has 0 radical (unpaired) electrons. The summed E-state index contributed by atoms with van der Waals surface area (Å²) in [5, 5.41) is 3.73. The van der Waals surface area contributed by atoms with Gasteiger partial charge in [0.05, 0.1) is 10.7 Å². The first-order chi connectivity index (χ1) is 9.47. The normalized spacial score (nSPS) is 17.9. The van der Waals surface area contributed by atoms with Gasteiger partial charge in [0.2, 0.25) is 5.91 Å². The Balaban J connectivity index is 2.02. The number of piperidine rings is 1. The molecule has 1 aromatic rings. The van der Waals surface area contributed by atoms with E-state index in [1.165, 1.54) is 0 Å². The molecule has 1 unspecified atom stereocenters. The van der Waals surface area contributed by atoms with Gasteiger partial charge in [0, 0.05) is 32.1 Å². The number of anilines is 1. The van der Waals surface area contributed by atoms with Crippen molar-refractivity contribution in [1.29, 1.82) is 0 Å².